The van der Waals surface area contributed by atoms with Crippen LogP contribution < -0.4 is 10.6 Å². The van der Waals surface area contributed by atoms with Crippen LogP contribution in [0.5, 0.6) is 5.75 Å². The van der Waals surface area contributed by atoms with E-state index in [9.17, 15) is 15.2 Å². The van der Waals surface area contributed by atoms with Crippen molar-refractivity contribution < 1.29 is 9.90 Å². The van der Waals surface area contributed by atoms with Gasteiger partial charge in [-0.05, 0) is 48.2 Å². The second-order valence-electron chi connectivity index (χ2n) is 6.64. The molecular weight excluding hydrogens is 326 g/mol. The minimum Gasteiger partial charge on any atom is -0.508 e. The zero-order valence-corrected chi connectivity index (χ0v) is 14.6. The van der Waals surface area contributed by atoms with Crippen molar-refractivity contribution in [3.63, 3.8) is 0 Å². The second-order valence-corrected chi connectivity index (χ2v) is 6.64. The molecule has 1 aliphatic heterocycles. The van der Waals surface area contributed by atoms with Crippen LogP contribution in [0, 0.1) is 11.3 Å². The first-order valence-corrected chi connectivity index (χ1v) is 8.97. The highest BCUT2D eigenvalue weighted by Crippen LogP contribution is 2.22. The highest BCUT2D eigenvalue weighted by molar-refractivity contribution is 5.82. The van der Waals surface area contributed by atoms with Gasteiger partial charge in [-0.2, -0.15) is 5.26 Å². The highest BCUT2D eigenvalue weighted by atomic mass is 16.3. The molecule has 0 spiro atoms. The normalized spacial score (nSPS) is 17.9. The molecule has 0 bridgehead atoms. The number of aromatic hydroxyl groups is 1. The maximum atomic E-state index is 12.3. The van der Waals surface area contributed by atoms with Crippen LogP contribution in [0.15, 0.2) is 48.5 Å². The van der Waals surface area contributed by atoms with Gasteiger partial charge in [0.15, 0.2) is 0 Å². The molecule has 2 aromatic rings. The number of piperidine rings is 1. The number of carbonyl (C=O) groups is 1. The number of nitrogens with zero attached hydrogens (tertiary/aromatic N) is 1. The molecule has 1 heterocycles. The van der Waals surface area contributed by atoms with E-state index >= 15 is 0 Å². The summed E-state index contributed by atoms with van der Waals surface area (Å²) in [6, 6.07) is 16.4. The van der Waals surface area contributed by atoms with Crippen molar-refractivity contribution in [2.75, 3.05) is 6.54 Å². The van der Waals surface area contributed by atoms with E-state index in [1.807, 2.05) is 36.4 Å². The quantitative estimate of drug-likeness (QED) is 0.775. The Kier molecular flexibility index (Phi) is 5.88. The number of phenols is 1. The number of amides is 1. The van der Waals surface area contributed by atoms with E-state index in [2.05, 4.69) is 16.7 Å². The molecule has 26 heavy (non-hydrogen) atoms. The van der Waals surface area contributed by atoms with Gasteiger partial charge in [-0.3, -0.25) is 4.79 Å². The van der Waals surface area contributed by atoms with Gasteiger partial charge in [-0.15, -0.1) is 0 Å². The van der Waals surface area contributed by atoms with E-state index in [4.69, 9.17) is 0 Å². The van der Waals surface area contributed by atoms with Gasteiger partial charge < -0.3 is 15.7 Å². The van der Waals surface area contributed by atoms with E-state index < -0.39 is 6.04 Å². The Hall–Kier alpha value is -2.84. The number of carbonyl (C=O) groups excluding carboxylic acids is 1. The number of nitrogens with one attached hydrogen (secondary N) is 2. The van der Waals surface area contributed by atoms with Crippen molar-refractivity contribution in [2.45, 2.75) is 37.8 Å². The van der Waals surface area contributed by atoms with Crippen LogP contribution in [0.2, 0.25) is 0 Å². The number of rotatable bonds is 5. The Morgan fingerprint density at radius 3 is 2.38 bits per heavy atom. The third-order valence-corrected chi connectivity index (χ3v) is 4.69. The number of phenolic OH excluding ortho intramolecular Hbond substituents is 1. The molecule has 1 fully saturated rings. The molecule has 1 amide bonds. The minimum absolute atomic E-state index is 0.0861. The first-order valence-electron chi connectivity index (χ1n) is 8.97. The molecule has 1 aliphatic rings. The minimum atomic E-state index is -0.536. The topological polar surface area (TPSA) is 85.2 Å². The predicted octanol–water partition coefficient (Wildman–Crippen LogP) is 2.75. The molecule has 0 aromatic heterocycles. The lowest BCUT2D eigenvalue weighted by molar-refractivity contribution is -0.124. The molecule has 2 atom stereocenters. The molecule has 3 N–H and O–H groups in total. The number of hydrogen-bond acceptors (Lipinski definition) is 4. The van der Waals surface area contributed by atoms with E-state index in [-0.39, 0.29) is 17.7 Å². The number of benzene rings is 2. The van der Waals surface area contributed by atoms with Gasteiger partial charge >= 0.3 is 0 Å². The van der Waals surface area contributed by atoms with Crippen LogP contribution in [0.25, 0.3) is 11.1 Å². The second kappa shape index (κ2) is 8.50. The number of nitriles is 1. The fourth-order valence-corrected chi connectivity index (χ4v) is 3.20. The molecule has 0 unspecified atom stereocenters. The first kappa shape index (κ1) is 18.0. The van der Waals surface area contributed by atoms with Crippen LogP contribution in [0.3, 0.4) is 0 Å². The Balaban J connectivity index is 1.60. The van der Waals surface area contributed by atoms with Gasteiger partial charge in [-0.25, -0.2) is 0 Å². The standard InChI is InChI=1S/C21H23N3O2/c22-14-18(24-21(26)20-3-1-2-12-23-20)13-15-4-6-16(7-5-15)17-8-10-19(25)11-9-17/h4-11,18,20,23,25H,1-3,12-13H2,(H,24,26)/t18-,20-/m0/s1. The molecule has 134 valence electrons. The lowest BCUT2D eigenvalue weighted by Crippen LogP contribution is -2.49. The fraction of sp³-hybridized carbons (Fsp3) is 0.333. The van der Waals surface area contributed by atoms with Crippen molar-refractivity contribution in [1.82, 2.24) is 10.6 Å². The molecule has 5 nitrogen and oxygen atoms in total. The summed E-state index contributed by atoms with van der Waals surface area (Å²) in [5, 5.41) is 24.8. The van der Waals surface area contributed by atoms with E-state index in [0.29, 0.717) is 6.42 Å². The van der Waals surface area contributed by atoms with Gasteiger partial charge in [0, 0.05) is 6.42 Å². The molecule has 1 saturated heterocycles. The van der Waals surface area contributed by atoms with Gasteiger partial charge in [0.25, 0.3) is 0 Å². The van der Waals surface area contributed by atoms with Gasteiger partial charge in [0.2, 0.25) is 5.91 Å². The maximum absolute atomic E-state index is 12.3. The monoisotopic (exact) mass is 349 g/mol. The molecule has 0 radical (unpaired) electrons. The molecule has 0 saturated carbocycles. The average molecular weight is 349 g/mol. The van der Waals surface area contributed by atoms with Crippen LogP contribution in [-0.2, 0) is 11.2 Å². The van der Waals surface area contributed by atoms with Crippen molar-refractivity contribution >= 4 is 5.91 Å². The van der Waals surface area contributed by atoms with Gasteiger partial charge in [0.1, 0.15) is 11.8 Å². The summed E-state index contributed by atoms with van der Waals surface area (Å²) in [4.78, 5) is 12.3. The highest BCUT2D eigenvalue weighted by Gasteiger charge is 2.22. The molecule has 3 rings (SSSR count). The summed E-state index contributed by atoms with van der Waals surface area (Å²) >= 11 is 0. The number of hydrogen-bond donors (Lipinski definition) is 3. The SMILES string of the molecule is N#C[C@H](Cc1ccc(-c2ccc(O)cc2)cc1)NC(=O)[C@@H]1CCCCN1. The Labute approximate surface area is 153 Å². The van der Waals surface area contributed by atoms with Gasteiger partial charge in [0.05, 0.1) is 12.1 Å². The van der Waals surface area contributed by atoms with Crippen molar-refractivity contribution in [3.8, 4) is 22.9 Å². The van der Waals surface area contributed by atoms with E-state index in [1.165, 1.54) is 0 Å². The smallest absolute Gasteiger partial charge is 0.238 e. The summed E-state index contributed by atoms with van der Waals surface area (Å²) < 4.78 is 0. The van der Waals surface area contributed by atoms with Crippen molar-refractivity contribution in [3.05, 3.63) is 54.1 Å². The summed E-state index contributed by atoms with van der Waals surface area (Å²) in [6.45, 7) is 0.855. The lowest BCUT2D eigenvalue weighted by Gasteiger charge is -2.23. The summed E-state index contributed by atoms with van der Waals surface area (Å²) in [5.41, 5.74) is 3.05. The van der Waals surface area contributed by atoms with E-state index in [0.717, 1.165) is 42.5 Å². The van der Waals surface area contributed by atoms with Crippen LogP contribution in [-0.4, -0.2) is 29.6 Å². The van der Waals surface area contributed by atoms with Crippen LogP contribution in [0.4, 0.5) is 0 Å². The first-order chi connectivity index (χ1) is 12.7. The third kappa shape index (κ3) is 4.62. The zero-order valence-electron chi connectivity index (χ0n) is 14.6. The van der Waals surface area contributed by atoms with Crippen molar-refractivity contribution in [1.29, 1.82) is 5.26 Å². The molecule has 0 aliphatic carbocycles. The Morgan fingerprint density at radius 2 is 1.81 bits per heavy atom. The third-order valence-electron chi connectivity index (χ3n) is 4.69. The Bertz CT molecular complexity index is 772. The van der Waals surface area contributed by atoms with E-state index in [1.54, 1.807) is 12.1 Å². The lowest BCUT2D eigenvalue weighted by atomic mass is 10.00. The predicted molar refractivity (Wildman–Crippen MR) is 100 cm³/mol. The van der Waals surface area contributed by atoms with Gasteiger partial charge in [-0.1, -0.05) is 42.8 Å². The fourth-order valence-electron chi connectivity index (χ4n) is 3.20. The Morgan fingerprint density at radius 1 is 1.15 bits per heavy atom. The van der Waals surface area contributed by atoms with Crippen LogP contribution in [0.1, 0.15) is 24.8 Å². The molecule has 2 aromatic carbocycles. The van der Waals surface area contributed by atoms with Crippen LogP contribution >= 0.6 is 0 Å². The molecule has 5 heteroatoms. The zero-order chi connectivity index (χ0) is 18.4. The average Bonchev–Trinajstić information content (AvgIpc) is 2.69. The summed E-state index contributed by atoms with van der Waals surface area (Å²) in [7, 11) is 0. The molecular formula is C21H23N3O2. The largest absolute Gasteiger partial charge is 0.508 e. The summed E-state index contributed by atoms with van der Waals surface area (Å²) in [6.07, 6.45) is 3.44. The maximum Gasteiger partial charge on any atom is 0.238 e. The van der Waals surface area contributed by atoms with Crippen molar-refractivity contribution in [2.24, 2.45) is 0 Å². The summed E-state index contributed by atoms with van der Waals surface area (Å²) in [5.74, 6) is 0.155.